The normalized spacial score (nSPS) is 11.8. The predicted molar refractivity (Wildman–Crippen MR) is 107 cm³/mol. The van der Waals surface area contributed by atoms with Gasteiger partial charge in [-0.05, 0) is 55.3 Å². The van der Waals surface area contributed by atoms with Crippen LogP contribution in [0.5, 0.6) is 0 Å². The van der Waals surface area contributed by atoms with E-state index >= 15 is 0 Å². The maximum absolute atomic E-state index is 12.8. The van der Waals surface area contributed by atoms with E-state index in [1.165, 1.54) is 12.1 Å². The molecule has 12 heteroatoms. The van der Waals surface area contributed by atoms with Gasteiger partial charge >= 0.3 is 12.1 Å². The summed E-state index contributed by atoms with van der Waals surface area (Å²) in [5, 5.41) is 1.60. The highest BCUT2D eigenvalue weighted by molar-refractivity contribution is 7.89. The second-order valence-corrected chi connectivity index (χ2v) is 8.65. The van der Waals surface area contributed by atoms with E-state index in [4.69, 9.17) is 11.6 Å². The molecule has 0 aliphatic rings. The summed E-state index contributed by atoms with van der Waals surface area (Å²) in [6.07, 6.45) is -4.71. The van der Waals surface area contributed by atoms with Gasteiger partial charge in [0, 0.05) is 5.69 Å². The molecule has 0 bridgehead atoms. The van der Waals surface area contributed by atoms with E-state index in [2.05, 4.69) is 14.8 Å². The Morgan fingerprint density at radius 1 is 1.06 bits per heavy atom. The molecule has 0 aliphatic heterocycles. The fraction of sp³-hybridized carbons (Fsp3) is 0.263. The molecule has 0 saturated heterocycles. The number of benzene rings is 2. The molecule has 7 nitrogen and oxygen atoms in total. The van der Waals surface area contributed by atoms with E-state index in [0.717, 1.165) is 23.3 Å². The fourth-order valence-corrected chi connectivity index (χ4v) is 3.61. The van der Waals surface area contributed by atoms with E-state index in [9.17, 15) is 31.2 Å². The number of nitrogens with one attached hydrogen (secondary N) is 2. The first-order valence-electron chi connectivity index (χ1n) is 8.69. The van der Waals surface area contributed by atoms with Gasteiger partial charge in [-0.25, -0.2) is 8.42 Å². The van der Waals surface area contributed by atoms with Crippen molar-refractivity contribution in [3.05, 3.63) is 58.1 Å². The van der Waals surface area contributed by atoms with Crippen LogP contribution < -0.4 is 10.0 Å². The second kappa shape index (κ2) is 9.67. The van der Waals surface area contributed by atoms with Gasteiger partial charge in [0.2, 0.25) is 10.0 Å². The number of hydrogen-bond donors (Lipinski definition) is 2. The molecule has 0 saturated carbocycles. The van der Waals surface area contributed by atoms with Gasteiger partial charge in [-0.15, -0.1) is 0 Å². The standard InChI is InChI=1S/C19H18ClF3N2O5S/c1-11-3-5-14(7-12(11)2)31(28,29)24-9-18(27)30-10-17(26)25-13-4-6-16(20)15(8-13)19(21,22)23/h3-8,24H,9-10H2,1-2H3,(H,25,26). The Morgan fingerprint density at radius 3 is 2.35 bits per heavy atom. The minimum atomic E-state index is -4.71. The van der Waals surface area contributed by atoms with Crippen molar-refractivity contribution in [1.29, 1.82) is 0 Å². The van der Waals surface area contributed by atoms with Crippen LogP contribution in [0, 0.1) is 13.8 Å². The lowest BCUT2D eigenvalue weighted by Gasteiger charge is -2.12. The lowest BCUT2D eigenvalue weighted by molar-refractivity contribution is -0.146. The Hall–Kier alpha value is -2.63. The maximum Gasteiger partial charge on any atom is 0.417 e. The van der Waals surface area contributed by atoms with Crippen LogP contribution >= 0.6 is 11.6 Å². The molecular formula is C19H18ClF3N2O5S. The molecule has 0 unspecified atom stereocenters. The molecule has 2 aromatic carbocycles. The van der Waals surface area contributed by atoms with Crippen LogP contribution in [0.3, 0.4) is 0 Å². The molecule has 31 heavy (non-hydrogen) atoms. The molecule has 0 atom stereocenters. The molecule has 0 radical (unpaired) electrons. The van der Waals surface area contributed by atoms with Crippen molar-refractivity contribution in [2.45, 2.75) is 24.9 Å². The zero-order valence-electron chi connectivity index (χ0n) is 16.3. The van der Waals surface area contributed by atoms with Crippen LogP contribution in [0.25, 0.3) is 0 Å². The number of alkyl halides is 3. The van der Waals surface area contributed by atoms with E-state index in [-0.39, 0.29) is 10.6 Å². The number of amides is 1. The Morgan fingerprint density at radius 2 is 1.74 bits per heavy atom. The van der Waals surface area contributed by atoms with Crippen molar-refractivity contribution >= 4 is 39.2 Å². The van der Waals surface area contributed by atoms with Crippen molar-refractivity contribution in [3.63, 3.8) is 0 Å². The fourth-order valence-electron chi connectivity index (χ4n) is 2.33. The highest BCUT2D eigenvalue weighted by Gasteiger charge is 2.33. The quantitative estimate of drug-likeness (QED) is 0.594. The minimum absolute atomic E-state index is 0.0376. The molecule has 2 aromatic rings. The van der Waals surface area contributed by atoms with Gasteiger partial charge in [-0.3, -0.25) is 9.59 Å². The van der Waals surface area contributed by atoms with E-state index in [0.29, 0.717) is 6.07 Å². The van der Waals surface area contributed by atoms with Crippen molar-refractivity contribution < 1.29 is 35.9 Å². The number of ether oxygens (including phenoxy) is 1. The molecule has 0 aromatic heterocycles. The lowest BCUT2D eigenvalue weighted by atomic mass is 10.1. The van der Waals surface area contributed by atoms with Crippen molar-refractivity contribution in [2.24, 2.45) is 0 Å². The highest BCUT2D eigenvalue weighted by Crippen LogP contribution is 2.36. The first-order chi connectivity index (χ1) is 14.3. The van der Waals surface area contributed by atoms with E-state index < -0.39 is 51.8 Å². The third-order valence-corrected chi connectivity index (χ3v) is 5.84. The Balaban J connectivity index is 1.88. The summed E-state index contributed by atoms with van der Waals surface area (Å²) in [6, 6.07) is 7.19. The Bertz CT molecular complexity index is 1100. The zero-order valence-corrected chi connectivity index (χ0v) is 17.9. The first kappa shape index (κ1) is 24.6. The smallest absolute Gasteiger partial charge is 0.417 e. The summed E-state index contributed by atoms with van der Waals surface area (Å²) in [5.41, 5.74) is 0.309. The van der Waals surface area contributed by atoms with Crippen LogP contribution in [0.15, 0.2) is 41.3 Å². The summed E-state index contributed by atoms with van der Waals surface area (Å²) in [6.45, 7) is 1.99. The van der Waals surface area contributed by atoms with Crippen LogP contribution in [-0.4, -0.2) is 33.4 Å². The van der Waals surface area contributed by atoms with Gasteiger partial charge in [-0.2, -0.15) is 17.9 Å². The van der Waals surface area contributed by atoms with E-state index in [1.807, 2.05) is 6.92 Å². The average molecular weight is 479 g/mol. The monoisotopic (exact) mass is 478 g/mol. The van der Waals surface area contributed by atoms with Gasteiger partial charge in [-0.1, -0.05) is 17.7 Å². The molecule has 0 heterocycles. The first-order valence-corrected chi connectivity index (χ1v) is 10.5. The lowest BCUT2D eigenvalue weighted by Crippen LogP contribution is -2.32. The molecule has 0 aliphatic carbocycles. The minimum Gasteiger partial charge on any atom is -0.455 e. The van der Waals surface area contributed by atoms with E-state index in [1.54, 1.807) is 13.0 Å². The van der Waals surface area contributed by atoms with Gasteiger partial charge in [0.05, 0.1) is 15.5 Å². The topological polar surface area (TPSA) is 102 Å². The third-order valence-electron chi connectivity index (χ3n) is 4.11. The van der Waals surface area contributed by atoms with Crippen LogP contribution in [-0.2, 0) is 30.5 Å². The summed E-state index contributed by atoms with van der Waals surface area (Å²) >= 11 is 5.49. The molecule has 0 fully saturated rings. The number of sulfonamides is 1. The number of carbonyl (C=O) groups excluding carboxylic acids is 2. The molecule has 168 valence electrons. The zero-order chi connectivity index (χ0) is 23.4. The number of anilines is 1. The van der Waals surface area contributed by atoms with Gasteiger partial charge in [0.25, 0.3) is 5.91 Å². The van der Waals surface area contributed by atoms with Crippen molar-refractivity contribution in [3.8, 4) is 0 Å². The second-order valence-electron chi connectivity index (χ2n) is 6.47. The summed E-state index contributed by atoms with van der Waals surface area (Å²) in [4.78, 5) is 23.5. The predicted octanol–water partition coefficient (Wildman–Crippen LogP) is 3.44. The molecule has 0 spiro atoms. The Kier molecular flexibility index (Phi) is 7.68. The molecular weight excluding hydrogens is 461 g/mol. The number of halogens is 4. The maximum atomic E-state index is 12.8. The molecule has 1 amide bonds. The van der Waals surface area contributed by atoms with Crippen molar-refractivity contribution in [2.75, 3.05) is 18.5 Å². The van der Waals surface area contributed by atoms with Crippen LogP contribution in [0.2, 0.25) is 5.02 Å². The van der Waals surface area contributed by atoms with Gasteiger partial charge in [0.1, 0.15) is 6.54 Å². The number of aryl methyl sites for hydroxylation is 2. The number of esters is 1. The highest BCUT2D eigenvalue weighted by atomic mass is 35.5. The average Bonchev–Trinajstić information content (AvgIpc) is 2.67. The molecule has 2 rings (SSSR count). The Labute approximate surface area is 181 Å². The number of hydrogen-bond acceptors (Lipinski definition) is 5. The van der Waals surface area contributed by atoms with Crippen molar-refractivity contribution in [1.82, 2.24) is 4.72 Å². The third kappa shape index (κ3) is 6.94. The molecule has 2 N–H and O–H groups in total. The summed E-state index contributed by atoms with van der Waals surface area (Å²) < 4.78 is 69.7. The van der Waals surface area contributed by atoms with Crippen LogP contribution in [0.4, 0.5) is 18.9 Å². The number of rotatable bonds is 7. The van der Waals surface area contributed by atoms with Gasteiger partial charge in [0.15, 0.2) is 6.61 Å². The van der Waals surface area contributed by atoms with Crippen LogP contribution in [0.1, 0.15) is 16.7 Å². The summed E-state index contributed by atoms with van der Waals surface area (Å²) in [5.74, 6) is -1.96. The largest absolute Gasteiger partial charge is 0.455 e. The summed E-state index contributed by atoms with van der Waals surface area (Å²) in [7, 11) is -3.97. The SMILES string of the molecule is Cc1ccc(S(=O)(=O)NCC(=O)OCC(=O)Nc2ccc(Cl)c(C(F)(F)F)c2)cc1C. The van der Waals surface area contributed by atoms with Gasteiger partial charge < -0.3 is 10.1 Å². The number of carbonyl (C=O) groups is 2.